The van der Waals surface area contributed by atoms with Crippen LogP contribution in [0.25, 0.3) is 0 Å². The minimum Gasteiger partial charge on any atom is -0.317 e. The number of nitrogens with one attached hydrogen (secondary N) is 1. The highest BCUT2D eigenvalue weighted by Gasteiger charge is 2.38. The van der Waals surface area contributed by atoms with Crippen molar-refractivity contribution in [3.05, 3.63) is 16.4 Å². The van der Waals surface area contributed by atoms with Crippen LogP contribution in [0.15, 0.2) is 10.7 Å². The van der Waals surface area contributed by atoms with E-state index < -0.39 is 0 Å². The van der Waals surface area contributed by atoms with E-state index in [4.69, 9.17) is 0 Å². The second-order valence-corrected chi connectivity index (χ2v) is 8.35. The summed E-state index contributed by atoms with van der Waals surface area (Å²) in [7, 11) is 0. The molecule has 0 saturated heterocycles. The molecule has 2 atom stereocenters. The van der Waals surface area contributed by atoms with Crippen molar-refractivity contribution in [2.24, 2.45) is 11.3 Å². The molecule has 120 valence electrons. The van der Waals surface area contributed by atoms with Crippen LogP contribution in [-0.4, -0.2) is 22.9 Å². The van der Waals surface area contributed by atoms with Gasteiger partial charge < -0.3 is 5.32 Å². The Balaban J connectivity index is 2.33. The number of halogens is 1. The molecule has 0 spiro atoms. The van der Waals surface area contributed by atoms with Crippen LogP contribution in [0.2, 0.25) is 0 Å². The third-order valence-corrected chi connectivity index (χ3v) is 5.43. The summed E-state index contributed by atoms with van der Waals surface area (Å²) in [6.45, 7) is 13.6. The van der Waals surface area contributed by atoms with Gasteiger partial charge in [-0.05, 0) is 73.5 Å². The highest BCUT2D eigenvalue weighted by molar-refractivity contribution is 9.10. The van der Waals surface area contributed by atoms with Crippen LogP contribution in [0.4, 0.5) is 0 Å². The second-order valence-electron chi connectivity index (χ2n) is 7.50. The Morgan fingerprint density at radius 2 is 2.19 bits per heavy atom. The van der Waals surface area contributed by atoms with Gasteiger partial charge in [0.05, 0.1) is 16.4 Å². The molecule has 0 aliphatic heterocycles. The lowest BCUT2D eigenvalue weighted by Crippen LogP contribution is -2.36. The molecule has 0 radical (unpaired) electrons. The van der Waals surface area contributed by atoms with E-state index in [2.05, 4.69) is 65.6 Å². The minimum atomic E-state index is 0.413. The van der Waals surface area contributed by atoms with E-state index in [1.165, 1.54) is 29.4 Å². The quantitative estimate of drug-likeness (QED) is 0.825. The van der Waals surface area contributed by atoms with E-state index in [-0.39, 0.29) is 0 Å². The van der Waals surface area contributed by atoms with E-state index in [9.17, 15) is 0 Å². The summed E-state index contributed by atoms with van der Waals surface area (Å²) in [5.41, 5.74) is 1.83. The summed E-state index contributed by atoms with van der Waals surface area (Å²) in [5.74, 6) is 1.30. The van der Waals surface area contributed by atoms with Gasteiger partial charge in [0.25, 0.3) is 0 Å². The molecule has 3 nitrogen and oxygen atoms in total. The summed E-state index contributed by atoms with van der Waals surface area (Å²) >= 11 is 3.75. The molecular weight excluding hydrogens is 326 g/mol. The average molecular weight is 356 g/mol. The molecule has 4 heteroatoms. The van der Waals surface area contributed by atoms with Gasteiger partial charge in [0, 0.05) is 12.0 Å². The topological polar surface area (TPSA) is 29.9 Å². The standard InChI is InChI=1S/C17H30BrN3/c1-6-19-10-13-7-8-17(4,5)9-14(13)16-15(18)11-20-21(16)12(2)3/h11-14,19H,6-10H2,1-5H3. The largest absolute Gasteiger partial charge is 0.317 e. The number of hydrogen-bond acceptors (Lipinski definition) is 2. The van der Waals surface area contributed by atoms with Gasteiger partial charge in [0.15, 0.2) is 0 Å². The summed E-state index contributed by atoms with van der Waals surface area (Å²) < 4.78 is 3.40. The number of hydrogen-bond donors (Lipinski definition) is 1. The van der Waals surface area contributed by atoms with Gasteiger partial charge in [0.2, 0.25) is 0 Å². The van der Waals surface area contributed by atoms with Crippen LogP contribution in [0.3, 0.4) is 0 Å². The van der Waals surface area contributed by atoms with Crippen LogP contribution >= 0.6 is 15.9 Å². The maximum atomic E-state index is 4.60. The Morgan fingerprint density at radius 3 is 2.81 bits per heavy atom. The van der Waals surface area contributed by atoms with E-state index in [0.717, 1.165) is 13.1 Å². The molecule has 0 aromatic carbocycles. The first kappa shape index (κ1) is 17.0. The Kier molecular flexibility index (Phi) is 5.53. The molecular formula is C17H30BrN3. The Hall–Kier alpha value is -0.350. The number of rotatable bonds is 5. The molecule has 1 heterocycles. The second kappa shape index (κ2) is 6.82. The molecule has 2 unspecified atom stereocenters. The van der Waals surface area contributed by atoms with Crippen LogP contribution in [-0.2, 0) is 0 Å². The van der Waals surface area contributed by atoms with Crippen LogP contribution in [0, 0.1) is 11.3 Å². The van der Waals surface area contributed by atoms with E-state index in [1.807, 2.05) is 6.20 Å². The molecule has 1 aliphatic carbocycles. The van der Waals surface area contributed by atoms with Gasteiger partial charge in [-0.1, -0.05) is 20.8 Å². The maximum Gasteiger partial charge on any atom is 0.0635 e. The van der Waals surface area contributed by atoms with E-state index >= 15 is 0 Å². The first-order valence-electron chi connectivity index (χ1n) is 8.29. The molecule has 1 aromatic heterocycles. The fraction of sp³-hybridized carbons (Fsp3) is 0.824. The van der Waals surface area contributed by atoms with Crippen molar-refractivity contribution in [2.75, 3.05) is 13.1 Å². The van der Waals surface area contributed by atoms with Crippen molar-refractivity contribution in [2.45, 2.75) is 65.8 Å². The van der Waals surface area contributed by atoms with Crippen molar-refractivity contribution in [3.8, 4) is 0 Å². The van der Waals surface area contributed by atoms with Crippen molar-refractivity contribution < 1.29 is 0 Å². The maximum absolute atomic E-state index is 4.60. The molecule has 1 aliphatic rings. The predicted molar refractivity (Wildman–Crippen MR) is 92.7 cm³/mol. The fourth-order valence-electron chi connectivity index (χ4n) is 3.64. The summed E-state index contributed by atoms with van der Waals surface area (Å²) in [6, 6.07) is 0.413. The summed E-state index contributed by atoms with van der Waals surface area (Å²) in [6.07, 6.45) is 5.86. The Morgan fingerprint density at radius 1 is 1.48 bits per heavy atom. The van der Waals surface area contributed by atoms with Crippen molar-refractivity contribution >= 4 is 15.9 Å². The zero-order chi connectivity index (χ0) is 15.6. The third kappa shape index (κ3) is 3.89. The minimum absolute atomic E-state index is 0.413. The van der Waals surface area contributed by atoms with Crippen LogP contribution < -0.4 is 5.32 Å². The number of aromatic nitrogens is 2. The molecule has 0 bridgehead atoms. The molecule has 1 fully saturated rings. The monoisotopic (exact) mass is 355 g/mol. The van der Waals surface area contributed by atoms with E-state index in [0.29, 0.717) is 23.3 Å². The van der Waals surface area contributed by atoms with Crippen LogP contribution in [0.5, 0.6) is 0 Å². The molecule has 1 N–H and O–H groups in total. The van der Waals surface area contributed by atoms with E-state index in [1.54, 1.807) is 0 Å². The zero-order valence-electron chi connectivity index (χ0n) is 14.1. The van der Waals surface area contributed by atoms with Crippen molar-refractivity contribution in [3.63, 3.8) is 0 Å². The first-order chi connectivity index (χ1) is 9.85. The normalized spacial score (nSPS) is 25.5. The fourth-order valence-corrected chi connectivity index (χ4v) is 4.21. The van der Waals surface area contributed by atoms with Crippen LogP contribution in [0.1, 0.15) is 71.5 Å². The highest BCUT2D eigenvalue weighted by atomic mass is 79.9. The Labute approximate surface area is 138 Å². The lowest BCUT2D eigenvalue weighted by molar-refractivity contribution is 0.153. The molecule has 21 heavy (non-hydrogen) atoms. The lowest BCUT2D eigenvalue weighted by atomic mass is 9.66. The SMILES string of the molecule is CCNCC1CCC(C)(C)CC1c1c(Br)cnn1C(C)C. The third-order valence-electron chi connectivity index (χ3n) is 4.82. The highest BCUT2D eigenvalue weighted by Crippen LogP contribution is 2.48. The molecule has 0 amide bonds. The van der Waals surface area contributed by atoms with Crippen molar-refractivity contribution in [1.82, 2.24) is 15.1 Å². The first-order valence-corrected chi connectivity index (χ1v) is 9.08. The van der Waals surface area contributed by atoms with Gasteiger partial charge in [-0.2, -0.15) is 5.10 Å². The zero-order valence-corrected chi connectivity index (χ0v) is 15.7. The van der Waals surface area contributed by atoms with Gasteiger partial charge >= 0.3 is 0 Å². The van der Waals surface area contributed by atoms with Gasteiger partial charge in [0.1, 0.15) is 0 Å². The smallest absolute Gasteiger partial charge is 0.0635 e. The molecule has 1 saturated carbocycles. The predicted octanol–water partition coefficient (Wildman–Crippen LogP) is 4.75. The summed E-state index contributed by atoms with van der Waals surface area (Å²) in [4.78, 5) is 0. The molecule has 1 aromatic rings. The Bertz CT molecular complexity index is 465. The summed E-state index contributed by atoms with van der Waals surface area (Å²) in [5, 5.41) is 8.16. The van der Waals surface area contributed by atoms with Gasteiger partial charge in [-0.15, -0.1) is 0 Å². The average Bonchev–Trinajstić information content (AvgIpc) is 2.78. The molecule has 2 rings (SSSR count). The van der Waals surface area contributed by atoms with Gasteiger partial charge in [-0.25, -0.2) is 0 Å². The lowest BCUT2D eigenvalue weighted by Gasteiger charge is -2.41. The van der Waals surface area contributed by atoms with Gasteiger partial charge in [-0.3, -0.25) is 4.68 Å². The number of nitrogens with zero attached hydrogens (tertiary/aromatic N) is 2. The van der Waals surface area contributed by atoms with Crippen molar-refractivity contribution in [1.29, 1.82) is 0 Å².